The van der Waals surface area contributed by atoms with Crippen molar-refractivity contribution in [1.29, 1.82) is 0 Å². The van der Waals surface area contributed by atoms with Gasteiger partial charge in [-0.15, -0.1) is 6.58 Å². The number of amides is 1. The molecule has 0 unspecified atom stereocenters. The number of hydrogen-bond donors (Lipinski definition) is 1. The van der Waals surface area contributed by atoms with Crippen molar-refractivity contribution in [3.05, 3.63) is 30.9 Å². The minimum Gasteiger partial charge on any atom is -0.335 e. The molecule has 1 aromatic heterocycles. The van der Waals surface area contributed by atoms with Crippen LogP contribution < -0.4 is 5.73 Å². The Bertz CT molecular complexity index is 434. The third kappa shape index (κ3) is 3.23. The van der Waals surface area contributed by atoms with Crippen LogP contribution >= 0.6 is 0 Å². The fourth-order valence-electron chi connectivity index (χ4n) is 2.64. The monoisotopic (exact) mass is 262 g/mol. The van der Waals surface area contributed by atoms with Crippen molar-refractivity contribution in [2.24, 2.45) is 5.73 Å². The highest BCUT2D eigenvalue weighted by Gasteiger charge is 2.27. The number of rotatable bonds is 6. The highest BCUT2D eigenvalue weighted by atomic mass is 16.2. The number of hydrogen-bond acceptors (Lipinski definition) is 3. The maximum absolute atomic E-state index is 12.5. The lowest BCUT2D eigenvalue weighted by Gasteiger charge is -2.27. The first kappa shape index (κ1) is 13.8. The van der Waals surface area contributed by atoms with Gasteiger partial charge in [0.25, 0.3) is 5.91 Å². The number of aromatic nitrogens is 2. The van der Waals surface area contributed by atoms with Crippen LogP contribution in [0.25, 0.3) is 0 Å². The molecular formula is C14H22N4O. The molecule has 5 heteroatoms. The normalized spacial score (nSPS) is 15.6. The maximum Gasteiger partial charge on any atom is 0.274 e. The highest BCUT2D eigenvalue weighted by molar-refractivity contribution is 5.92. The van der Waals surface area contributed by atoms with E-state index < -0.39 is 0 Å². The van der Waals surface area contributed by atoms with E-state index in [1.54, 1.807) is 18.6 Å². The summed E-state index contributed by atoms with van der Waals surface area (Å²) in [5.41, 5.74) is 6.00. The molecule has 0 saturated heterocycles. The summed E-state index contributed by atoms with van der Waals surface area (Å²) in [7, 11) is 0. The molecule has 104 valence electrons. The number of carbonyl (C=O) groups is 1. The molecule has 0 aromatic carbocycles. The number of carbonyl (C=O) groups excluding carboxylic acids is 1. The van der Waals surface area contributed by atoms with Gasteiger partial charge in [-0.25, -0.2) is 4.98 Å². The standard InChI is InChI=1S/C14H22N4O/c1-2-8-18(12-5-3-4-6-12)14(19)13-10-17(9-7-15)11-16-13/h2,10-12H,1,3-9,15H2. The minimum atomic E-state index is 0.00238. The largest absolute Gasteiger partial charge is 0.335 e. The highest BCUT2D eigenvalue weighted by Crippen LogP contribution is 2.24. The van der Waals surface area contributed by atoms with Gasteiger partial charge in [0.05, 0.1) is 6.33 Å². The SMILES string of the molecule is C=CCN(C(=O)c1cn(CCN)cn1)C1CCCC1. The van der Waals surface area contributed by atoms with Gasteiger partial charge in [-0.1, -0.05) is 18.9 Å². The third-order valence-electron chi connectivity index (χ3n) is 3.59. The summed E-state index contributed by atoms with van der Waals surface area (Å²) in [6, 6.07) is 0.338. The van der Waals surface area contributed by atoms with Crippen LogP contribution in [0.2, 0.25) is 0 Å². The molecule has 0 radical (unpaired) electrons. The Morgan fingerprint density at radius 3 is 2.95 bits per heavy atom. The Labute approximate surface area is 114 Å². The summed E-state index contributed by atoms with van der Waals surface area (Å²) < 4.78 is 1.86. The Balaban J connectivity index is 2.10. The van der Waals surface area contributed by atoms with Crippen molar-refractivity contribution in [1.82, 2.24) is 14.5 Å². The van der Waals surface area contributed by atoms with Gasteiger partial charge in [-0.2, -0.15) is 0 Å². The molecule has 1 saturated carbocycles. The van der Waals surface area contributed by atoms with Crippen molar-refractivity contribution in [3.8, 4) is 0 Å². The van der Waals surface area contributed by atoms with E-state index in [9.17, 15) is 4.79 Å². The summed E-state index contributed by atoms with van der Waals surface area (Å²) in [5.74, 6) is 0.00238. The van der Waals surface area contributed by atoms with Crippen molar-refractivity contribution < 1.29 is 4.79 Å². The fourth-order valence-corrected chi connectivity index (χ4v) is 2.64. The average Bonchev–Trinajstić information content (AvgIpc) is 3.06. The van der Waals surface area contributed by atoms with Crippen LogP contribution in [0.5, 0.6) is 0 Å². The molecule has 1 aromatic rings. The third-order valence-corrected chi connectivity index (χ3v) is 3.59. The van der Waals surface area contributed by atoms with Crippen LogP contribution in [0.3, 0.4) is 0 Å². The molecule has 0 bridgehead atoms. The molecule has 5 nitrogen and oxygen atoms in total. The first-order valence-corrected chi connectivity index (χ1v) is 6.90. The summed E-state index contributed by atoms with van der Waals surface area (Å²) in [4.78, 5) is 18.6. The molecule has 2 N–H and O–H groups in total. The first-order chi connectivity index (χ1) is 9.26. The van der Waals surface area contributed by atoms with Crippen LogP contribution in [-0.2, 0) is 6.54 Å². The van der Waals surface area contributed by atoms with Crippen molar-refractivity contribution in [3.63, 3.8) is 0 Å². The Morgan fingerprint density at radius 2 is 2.32 bits per heavy atom. The van der Waals surface area contributed by atoms with Crippen LogP contribution in [0.4, 0.5) is 0 Å². The molecule has 1 aliphatic rings. The van der Waals surface area contributed by atoms with Crippen molar-refractivity contribution in [2.75, 3.05) is 13.1 Å². The van der Waals surface area contributed by atoms with Crippen molar-refractivity contribution in [2.45, 2.75) is 38.3 Å². The quantitative estimate of drug-likeness (QED) is 0.788. The predicted octanol–water partition coefficient (Wildman–Crippen LogP) is 1.41. The van der Waals surface area contributed by atoms with Gasteiger partial charge >= 0.3 is 0 Å². The van der Waals surface area contributed by atoms with Gasteiger partial charge in [-0.3, -0.25) is 4.79 Å². The Morgan fingerprint density at radius 1 is 1.58 bits per heavy atom. The van der Waals surface area contributed by atoms with Gasteiger partial charge in [-0.05, 0) is 12.8 Å². The fraction of sp³-hybridized carbons (Fsp3) is 0.571. The zero-order valence-electron chi connectivity index (χ0n) is 11.3. The molecule has 19 heavy (non-hydrogen) atoms. The molecule has 2 rings (SSSR count). The van der Waals surface area contributed by atoms with E-state index in [4.69, 9.17) is 5.73 Å². The molecular weight excluding hydrogens is 240 g/mol. The lowest BCUT2D eigenvalue weighted by Crippen LogP contribution is -2.39. The van der Waals surface area contributed by atoms with Crippen LogP contribution in [0.1, 0.15) is 36.2 Å². The topological polar surface area (TPSA) is 64.2 Å². The number of imidazole rings is 1. The van der Waals surface area contributed by atoms with Crippen molar-refractivity contribution >= 4 is 5.91 Å². The maximum atomic E-state index is 12.5. The Kier molecular flexibility index (Phi) is 4.74. The first-order valence-electron chi connectivity index (χ1n) is 6.90. The molecule has 0 spiro atoms. The van der Waals surface area contributed by atoms with E-state index in [-0.39, 0.29) is 5.91 Å². The van der Waals surface area contributed by atoms with Crippen LogP contribution in [0.15, 0.2) is 25.2 Å². The molecule has 1 aliphatic carbocycles. The van der Waals surface area contributed by atoms with E-state index in [0.717, 1.165) is 12.8 Å². The van der Waals surface area contributed by atoms with Crippen LogP contribution in [0, 0.1) is 0 Å². The Hall–Kier alpha value is -1.62. The summed E-state index contributed by atoms with van der Waals surface area (Å²) >= 11 is 0. The van der Waals surface area contributed by atoms with E-state index in [1.807, 2.05) is 9.47 Å². The van der Waals surface area contributed by atoms with Gasteiger partial charge in [0.1, 0.15) is 5.69 Å². The summed E-state index contributed by atoms with van der Waals surface area (Å²) in [6.45, 7) is 5.57. The molecule has 1 heterocycles. The second-order valence-corrected chi connectivity index (χ2v) is 4.97. The van der Waals surface area contributed by atoms with Crippen LogP contribution in [-0.4, -0.2) is 39.5 Å². The molecule has 1 amide bonds. The smallest absolute Gasteiger partial charge is 0.274 e. The van der Waals surface area contributed by atoms with E-state index >= 15 is 0 Å². The van der Waals surface area contributed by atoms with Gasteiger partial charge in [0, 0.05) is 31.9 Å². The van der Waals surface area contributed by atoms with Gasteiger partial charge < -0.3 is 15.2 Å². The molecule has 0 aliphatic heterocycles. The summed E-state index contributed by atoms with van der Waals surface area (Å²) in [6.07, 6.45) is 9.81. The predicted molar refractivity (Wildman–Crippen MR) is 74.8 cm³/mol. The zero-order valence-corrected chi connectivity index (χ0v) is 11.3. The van der Waals surface area contributed by atoms with E-state index in [1.165, 1.54) is 12.8 Å². The minimum absolute atomic E-state index is 0.00238. The average molecular weight is 262 g/mol. The van der Waals surface area contributed by atoms with Gasteiger partial charge in [0.15, 0.2) is 0 Å². The molecule has 1 fully saturated rings. The zero-order chi connectivity index (χ0) is 13.7. The lowest BCUT2D eigenvalue weighted by molar-refractivity contribution is 0.0701. The molecule has 0 atom stereocenters. The van der Waals surface area contributed by atoms with Gasteiger partial charge in [0.2, 0.25) is 0 Å². The second-order valence-electron chi connectivity index (χ2n) is 4.97. The second kappa shape index (κ2) is 6.52. The summed E-state index contributed by atoms with van der Waals surface area (Å²) in [5, 5.41) is 0. The lowest BCUT2D eigenvalue weighted by atomic mass is 10.2. The number of nitrogens with two attached hydrogens (primary N) is 1. The van der Waals surface area contributed by atoms with E-state index in [2.05, 4.69) is 11.6 Å². The van der Waals surface area contributed by atoms with E-state index in [0.29, 0.717) is 31.4 Å². The number of nitrogens with zero attached hydrogens (tertiary/aromatic N) is 3.